The number of carbonyl (C=O) groups excluding carboxylic acids is 3. The summed E-state index contributed by atoms with van der Waals surface area (Å²) in [7, 11) is 4.57. The van der Waals surface area contributed by atoms with Crippen molar-refractivity contribution in [2.24, 2.45) is 0 Å². The van der Waals surface area contributed by atoms with Gasteiger partial charge in [-0.05, 0) is 37.3 Å². The lowest BCUT2D eigenvalue weighted by atomic mass is 10.1. The largest absolute Gasteiger partial charge is 0.493 e. The van der Waals surface area contributed by atoms with Crippen molar-refractivity contribution in [2.75, 3.05) is 38.0 Å². The quantitative estimate of drug-likeness (QED) is 0.817. The fourth-order valence-corrected chi connectivity index (χ4v) is 3.51. The Morgan fingerprint density at radius 1 is 1.13 bits per heavy atom. The highest BCUT2D eigenvalue weighted by Crippen LogP contribution is 2.31. The molecule has 0 saturated heterocycles. The molecule has 3 amide bonds. The summed E-state index contributed by atoms with van der Waals surface area (Å²) >= 11 is 0. The van der Waals surface area contributed by atoms with Crippen LogP contribution in [0, 0.1) is 0 Å². The van der Waals surface area contributed by atoms with Gasteiger partial charge in [-0.3, -0.25) is 14.4 Å². The average molecular weight is 411 g/mol. The molecule has 158 valence electrons. The molecule has 1 heterocycles. The molecule has 3 rings (SSSR count). The molecule has 8 heteroatoms. The zero-order chi connectivity index (χ0) is 21.8. The molecule has 0 unspecified atom stereocenters. The molecule has 0 radical (unpaired) electrons. The lowest BCUT2D eigenvalue weighted by molar-refractivity contribution is -0.119. The van der Waals surface area contributed by atoms with Crippen LogP contribution in [-0.4, -0.2) is 56.5 Å². The minimum atomic E-state index is -0.342. The predicted octanol–water partition coefficient (Wildman–Crippen LogP) is 2.54. The first kappa shape index (κ1) is 21.2. The number of carbonyl (C=O) groups is 3. The maximum absolute atomic E-state index is 13.1. The molecule has 1 aliphatic rings. The summed E-state index contributed by atoms with van der Waals surface area (Å²) in [5, 5.41) is 2.82. The molecular formula is C22H25N3O5. The Bertz CT molecular complexity index is 975. The first-order valence-electron chi connectivity index (χ1n) is 9.54. The number of amides is 3. The number of rotatable bonds is 5. The van der Waals surface area contributed by atoms with Gasteiger partial charge in [0.25, 0.3) is 5.91 Å². The molecule has 1 aliphatic heterocycles. The van der Waals surface area contributed by atoms with E-state index in [9.17, 15) is 14.4 Å². The van der Waals surface area contributed by atoms with Gasteiger partial charge in [0.05, 0.1) is 25.6 Å². The Labute approximate surface area is 175 Å². The van der Waals surface area contributed by atoms with Crippen molar-refractivity contribution in [3.05, 3.63) is 48.0 Å². The minimum Gasteiger partial charge on any atom is -0.493 e. The van der Waals surface area contributed by atoms with E-state index in [1.165, 1.54) is 19.1 Å². The number of ether oxygens (including phenoxy) is 2. The van der Waals surface area contributed by atoms with Crippen molar-refractivity contribution >= 4 is 29.1 Å². The van der Waals surface area contributed by atoms with Gasteiger partial charge >= 0.3 is 0 Å². The average Bonchev–Trinajstić information content (AvgIpc) is 2.86. The zero-order valence-corrected chi connectivity index (χ0v) is 17.5. The molecule has 0 saturated carbocycles. The second-order valence-corrected chi connectivity index (χ2v) is 7.11. The second-order valence-electron chi connectivity index (χ2n) is 7.11. The van der Waals surface area contributed by atoms with Crippen LogP contribution in [0.15, 0.2) is 42.5 Å². The van der Waals surface area contributed by atoms with E-state index in [0.29, 0.717) is 28.4 Å². The van der Waals surface area contributed by atoms with Gasteiger partial charge in [-0.1, -0.05) is 12.1 Å². The number of nitrogens with zero attached hydrogens (tertiary/aromatic N) is 2. The summed E-state index contributed by atoms with van der Waals surface area (Å²) in [6.45, 7) is 1.68. The molecule has 1 atom stereocenters. The molecule has 1 N–H and O–H groups in total. The van der Waals surface area contributed by atoms with Crippen LogP contribution in [0.2, 0.25) is 0 Å². The molecule has 2 aromatic carbocycles. The van der Waals surface area contributed by atoms with Gasteiger partial charge in [-0.25, -0.2) is 0 Å². The molecule has 2 aromatic rings. The van der Waals surface area contributed by atoms with E-state index in [4.69, 9.17) is 9.47 Å². The van der Waals surface area contributed by atoms with Crippen molar-refractivity contribution < 1.29 is 23.9 Å². The van der Waals surface area contributed by atoms with E-state index < -0.39 is 0 Å². The third-order valence-electron chi connectivity index (χ3n) is 4.98. The number of nitrogens with one attached hydrogen (secondary N) is 1. The molecule has 0 fully saturated rings. The van der Waals surface area contributed by atoms with Gasteiger partial charge in [0.1, 0.15) is 6.54 Å². The van der Waals surface area contributed by atoms with Crippen molar-refractivity contribution in [2.45, 2.75) is 19.4 Å². The van der Waals surface area contributed by atoms with E-state index in [1.54, 1.807) is 48.3 Å². The Balaban J connectivity index is 1.81. The Kier molecular flexibility index (Phi) is 6.25. The molecule has 30 heavy (non-hydrogen) atoms. The van der Waals surface area contributed by atoms with Crippen LogP contribution in [0.3, 0.4) is 0 Å². The first-order chi connectivity index (χ1) is 14.3. The summed E-state index contributed by atoms with van der Waals surface area (Å²) in [5.74, 6) is 0.194. The van der Waals surface area contributed by atoms with Crippen LogP contribution in [-0.2, 0) is 9.59 Å². The van der Waals surface area contributed by atoms with E-state index in [-0.39, 0.29) is 36.7 Å². The number of para-hydroxylation sites is 2. The lowest BCUT2D eigenvalue weighted by Crippen LogP contribution is -2.45. The summed E-state index contributed by atoms with van der Waals surface area (Å²) < 4.78 is 10.4. The highest BCUT2D eigenvalue weighted by molar-refractivity contribution is 6.06. The summed E-state index contributed by atoms with van der Waals surface area (Å²) in [6.07, 6.45) is 0.174. The summed E-state index contributed by atoms with van der Waals surface area (Å²) in [6, 6.07) is 11.6. The fourth-order valence-electron chi connectivity index (χ4n) is 3.51. The third-order valence-corrected chi connectivity index (χ3v) is 4.98. The van der Waals surface area contributed by atoms with Crippen LogP contribution in [0.25, 0.3) is 0 Å². The first-order valence-corrected chi connectivity index (χ1v) is 9.54. The molecular weight excluding hydrogens is 386 g/mol. The number of benzene rings is 2. The molecule has 0 bridgehead atoms. The standard InChI is InChI=1S/C22H25N3O5/c1-14-11-20(26)23-16-7-5-6-8-17(16)25(14)21(27)13-24(2)22(28)15-9-10-18(29-3)19(12-15)30-4/h5-10,12,14H,11,13H2,1-4H3,(H,23,26)/t14-/m1/s1. The highest BCUT2D eigenvalue weighted by atomic mass is 16.5. The van der Waals surface area contributed by atoms with Crippen LogP contribution < -0.4 is 19.7 Å². The van der Waals surface area contributed by atoms with Gasteiger partial charge in [-0.2, -0.15) is 0 Å². The van der Waals surface area contributed by atoms with Crippen molar-refractivity contribution in [3.63, 3.8) is 0 Å². The van der Waals surface area contributed by atoms with Crippen LogP contribution in [0.4, 0.5) is 11.4 Å². The second kappa shape index (κ2) is 8.86. The van der Waals surface area contributed by atoms with E-state index in [0.717, 1.165) is 0 Å². The van der Waals surface area contributed by atoms with Crippen molar-refractivity contribution in [3.8, 4) is 11.5 Å². The smallest absolute Gasteiger partial charge is 0.254 e. The fraction of sp³-hybridized carbons (Fsp3) is 0.318. The van der Waals surface area contributed by atoms with Gasteiger partial charge in [0.2, 0.25) is 11.8 Å². The highest BCUT2D eigenvalue weighted by Gasteiger charge is 2.30. The van der Waals surface area contributed by atoms with E-state index in [2.05, 4.69) is 5.32 Å². The number of hydrogen-bond donors (Lipinski definition) is 1. The number of fused-ring (bicyclic) bond motifs is 1. The topological polar surface area (TPSA) is 88.2 Å². The Hall–Kier alpha value is -3.55. The van der Waals surface area contributed by atoms with Gasteiger partial charge in [0, 0.05) is 25.1 Å². The summed E-state index contributed by atoms with van der Waals surface area (Å²) in [4.78, 5) is 41.1. The van der Waals surface area contributed by atoms with Crippen LogP contribution in [0.5, 0.6) is 11.5 Å². The number of likely N-dealkylation sites (N-methyl/N-ethyl adjacent to an activating group) is 1. The van der Waals surface area contributed by atoms with E-state index >= 15 is 0 Å². The van der Waals surface area contributed by atoms with Crippen molar-refractivity contribution in [1.29, 1.82) is 0 Å². The predicted molar refractivity (Wildman–Crippen MR) is 113 cm³/mol. The molecule has 0 aromatic heterocycles. The van der Waals surface area contributed by atoms with Crippen LogP contribution >= 0.6 is 0 Å². The van der Waals surface area contributed by atoms with E-state index in [1.807, 2.05) is 13.0 Å². The normalized spacial score (nSPS) is 15.5. The van der Waals surface area contributed by atoms with Crippen molar-refractivity contribution in [1.82, 2.24) is 4.90 Å². The maximum Gasteiger partial charge on any atom is 0.254 e. The maximum atomic E-state index is 13.1. The minimum absolute atomic E-state index is 0.139. The molecule has 0 spiro atoms. The SMILES string of the molecule is COc1ccc(C(=O)N(C)CC(=O)N2c3ccccc3NC(=O)C[C@H]2C)cc1OC. The zero-order valence-electron chi connectivity index (χ0n) is 17.5. The molecule has 0 aliphatic carbocycles. The number of anilines is 2. The van der Waals surface area contributed by atoms with Gasteiger partial charge in [-0.15, -0.1) is 0 Å². The summed E-state index contributed by atoms with van der Waals surface area (Å²) in [5.41, 5.74) is 1.57. The number of methoxy groups -OCH3 is 2. The monoisotopic (exact) mass is 411 g/mol. The van der Waals surface area contributed by atoms with Crippen LogP contribution in [0.1, 0.15) is 23.7 Å². The molecule has 8 nitrogen and oxygen atoms in total. The third kappa shape index (κ3) is 4.22. The Morgan fingerprint density at radius 3 is 2.53 bits per heavy atom. The lowest BCUT2D eigenvalue weighted by Gasteiger charge is -2.29. The Morgan fingerprint density at radius 2 is 1.83 bits per heavy atom. The van der Waals surface area contributed by atoms with Gasteiger partial charge in [0.15, 0.2) is 11.5 Å². The van der Waals surface area contributed by atoms with Gasteiger partial charge < -0.3 is 24.6 Å². The number of hydrogen-bond acceptors (Lipinski definition) is 5.